The van der Waals surface area contributed by atoms with Crippen LogP contribution in [0.3, 0.4) is 0 Å². The van der Waals surface area contributed by atoms with Gasteiger partial charge in [0.25, 0.3) is 0 Å². The van der Waals surface area contributed by atoms with Crippen molar-refractivity contribution >= 4 is 5.91 Å². The van der Waals surface area contributed by atoms with Crippen molar-refractivity contribution in [3.63, 3.8) is 0 Å². The molecule has 16 heavy (non-hydrogen) atoms. The Balaban J connectivity index is 2.14. The Morgan fingerprint density at radius 3 is 2.38 bits per heavy atom. The molecule has 0 spiro atoms. The number of hydrogen-bond acceptors (Lipinski definition) is 3. The fourth-order valence-corrected chi connectivity index (χ4v) is 2.19. The molecule has 1 amide bonds. The topological polar surface area (TPSA) is 50.4 Å². The zero-order valence-electron chi connectivity index (χ0n) is 10.4. The highest BCUT2D eigenvalue weighted by atomic mass is 16.5. The molecule has 1 aliphatic carbocycles. The maximum absolute atomic E-state index is 11.4. The number of ether oxygens (including phenoxy) is 1. The molecule has 0 saturated heterocycles. The van der Waals surface area contributed by atoms with Gasteiger partial charge in [0.05, 0.1) is 0 Å². The van der Waals surface area contributed by atoms with Gasteiger partial charge in [0.15, 0.2) is 0 Å². The van der Waals surface area contributed by atoms with Crippen molar-refractivity contribution in [3.05, 3.63) is 0 Å². The summed E-state index contributed by atoms with van der Waals surface area (Å²) in [5.74, 6) is 0.0220. The Labute approximate surface area is 98.1 Å². The van der Waals surface area contributed by atoms with Crippen LogP contribution >= 0.6 is 0 Å². The van der Waals surface area contributed by atoms with Crippen molar-refractivity contribution in [2.45, 2.75) is 51.6 Å². The largest absolute Gasteiger partial charge is 0.372 e. The van der Waals surface area contributed by atoms with E-state index >= 15 is 0 Å². The molecule has 0 aliphatic heterocycles. The Bertz CT molecular complexity index is 201. The fraction of sp³-hybridized carbons (Fsp3) is 0.917. The highest BCUT2D eigenvalue weighted by molar-refractivity contribution is 5.77. The predicted octanol–water partition coefficient (Wildman–Crippen LogP) is 1.06. The van der Waals surface area contributed by atoms with Crippen molar-refractivity contribution in [1.82, 2.24) is 10.6 Å². The van der Waals surface area contributed by atoms with Gasteiger partial charge in [-0.25, -0.2) is 0 Å². The highest BCUT2D eigenvalue weighted by Gasteiger charge is 2.21. The lowest BCUT2D eigenvalue weighted by Gasteiger charge is -2.29. The molecule has 1 aliphatic rings. The second kappa shape index (κ2) is 7.63. The molecule has 1 rings (SSSR count). The van der Waals surface area contributed by atoms with E-state index in [1.165, 1.54) is 0 Å². The number of nitrogens with one attached hydrogen (secondary N) is 2. The Morgan fingerprint density at radius 1 is 1.19 bits per heavy atom. The number of carbonyl (C=O) groups excluding carboxylic acids is 1. The first-order valence-corrected chi connectivity index (χ1v) is 6.36. The van der Waals surface area contributed by atoms with E-state index in [4.69, 9.17) is 4.74 Å². The summed E-state index contributed by atoms with van der Waals surface area (Å²) in [7, 11) is 0. The van der Waals surface area contributed by atoms with Gasteiger partial charge in [-0.05, 0) is 39.2 Å². The van der Waals surface area contributed by atoms with Gasteiger partial charge in [-0.15, -0.1) is 0 Å². The number of amides is 1. The number of carbonyl (C=O) groups is 1. The molecule has 4 heteroatoms. The molecule has 2 N–H and O–H groups in total. The van der Waals surface area contributed by atoms with E-state index in [1.54, 1.807) is 0 Å². The quantitative estimate of drug-likeness (QED) is 0.714. The zero-order valence-corrected chi connectivity index (χ0v) is 10.4. The van der Waals surface area contributed by atoms with Crippen LogP contribution in [0, 0.1) is 0 Å². The SMILES string of the molecule is CCNC1CCC(NC(=O)COCC)CC1. The normalized spacial score (nSPS) is 25.4. The van der Waals surface area contributed by atoms with Crippen LogP contribution in [0.1, 0.15) is 39.5 Å². The van der Waals surface area contributed by atoms with Crippen molar-refractivity contribution in [1.29, 1.82) is 0 Å². The molecule has 1 fully saturated rings. The van der Waals surface area contributed by atoms with E-state index in [0.717, 1.165) is 32.2 Å². The molecule has 0 heterocycles. The maximum Gasteiger partial charge on any atom is 0.246 e. The number of hydrogen-bond donors (Lipinski definition) is 2. The van der Waals surface area contributed by atoms with Gasteiger partial charge in [-0.3, -0.25) is 4.79 Å². The van der Waals surface area contributed by atoms with Crippen LogP contribution in [-0.2, 0) is 9.53 Å². The molecule has 94 valence electrons. The first kappa shape index (κ1) is 13.5. The summed E-state index contributed by atoms with van der Waals surface area (Å²) in [5, 5.41) is 6.48. The van der Waals surface area contributed by atoms with Gasteiger partial charge >= 0.3 is 0 Å². The van der Waals surface area contributed by atoms with Gasteiger partial charge in [0, 0.05) is 18.7 Å². The first-order chi connectivity index (χ1) is 7.76. The summed E-state index contributed by atoms with van der Waals surface area (Å²) in [4.78, 5) is 11.4. The van der Waals surface area contributed by atoms with Crippen molar-refractivity contribution in [3.8, 4) is 0 Å². The van der Waals surface area contributed by atoms with Crippen molar-refractivity contribution in [2.24, 2.45) is 0 Å². The summed E-state index contributed by atoms with van der Waals surface area (Å²) >= 11 is 0. The van der Waals surface area contributed by atoms with Crippen LogP contribution in [0.15, 0.2) is 0 Å². The zero-order chi connectivity index (χ0) is 11.8. The van der Waals surface area contributed by atoms with E-state index < -0.39 is 0 Å². The van der Waals surface area contributed by atoms with Crippen molar-refractivity contribution in [2.75, 3.05) is 19.8 Å². The maximum atomic E-state index is 11.4. The lowest BCUT2D eigenvalue weighted by Crippen LogP contribution is -2.43. The summed E-state index contributed by atoms with van der Waals surface area (Å²) in [6.07, 6.45) is 4.48. The molecular formula is C12H24N2O2. The first-order valence-electron chi connectivity index (χ1n) is 6.36. The third-order valence-corrected chi connectivity index (χ3v) is 3.02. The van der Waals surface area contributed by atoms with E-state index in [9.17, 15) is 4.79 Å². The predicted molar refractivity (Wildman–Crippen MR) is 64.4 cm³/mol. The molecular weight excluding hydrogens is 204 g/mol. The second-order valence-corrected chi connectivity index (χ2v) is 4.31. The van der Waals surface area contributed by atoms with Gasteiger partial charge < -0.3 is 15.4 Å². The summed E-state index contributed by atoms with van der Waals surface area (Å²) in [6.45, 7) is 5.86. The van der Waals surface area contributed by atoms with Crippen LogP contribution < -0.4 is 10.6 Å². The van der Waals surface area contributed by atoms with E-state index in [2.05, 4.69) is 17.6 Å². The summed E-state index contributed by atoms with van der Waals surface area (Å²) < 4.78 is 5.07. The molecule has 1 saturated carbocycles. The van der Waals surface area contributed by atoms with Crippen LogP contribution in [0.25, 0.3) is 0 Å². The molecule has 0 aromatic heterocycles. The minimum Gasteiger partial charge on any atom is -0.372 e. The smallest absolute Gasteiger partial charge is 0.246 e. The van der Waals surface area contributed by atoms with Gasteiger partial charge in [-0.1, -0.05) is 6.92 Å². The molecule has 0 bridgehead atoms. The van der Waals surface area contributed by atoms with Crippen LogP contribution in [0.2, 0.25) is 0 Å². The molecule has 0 unspecified atom stereocenters. The Kier molecular flexibility index (Phi) is 6.42. The molecule has 4 nitrogen and oxygen atoms in total. The minimum atomic E-state index is 0.0220. The lowest BCUT2D eigenvalue weighted by atomic mass is 9.91. The Hall–Kier alpha value is -0.610. The summed E-state index contributed by atoms with van der Waals surface area (Å²) in [5.41, 5.74) is 0. The third-order valence-electron chi connectivity index (χ3n) is 3.02. The van der Waals surface area contributed by atoms with Crippen LogP contribution in [0.4, 0.5) is 0 Å². The van der Waals surface area contributed by atoms with Gasteiger partial charge in [0.1, 0.15) is 6.61 Å². The highest BCUT2D eigenvalue weighted by Crippen LogP contribution is 2.18. The minimum absolute atomic E-state index is 0.0220. The summed E-state index contributed by atoms with van der Waals surface area (Å²) in [6, 6.07) is 0.993. The monoisotopic (exact) mass is 228 g/mol. The second-order valence-electron chi connectivity index (χ2n) is 4.31. The van der Waals surface area contributed by atoms with E-state index in [0.29, 0.717) is 18.7 Å². The standard InChI is InChI=1S/C12H24N2O2/c1-3-13-10-5-7-11(8-6-10)14-12(15)9-16-4-2/h10-11,13H,3-9H2,1-2H3,(H,14,15). The van der Waals surface area contributed by atoms with Crippen LogP contribution in [0.5, 0.6) is 0 Å². The Morgan fingerprint density at radius 2 is 1.81 bits per heavy atom. The molecule has 0 radical (unpaired) electrons. The average Bonchev–Trinajstić information content (AvgIpc) is 2.29. The molecule has 0 atom stereocenters. The lowest BCUT2D eigenvalue weighted by molar-refractivity contribution is -0.126. The average molecular weight is 228 g/mol. The number of rotatable bonds is 6. The molecule has 0 aromatic rings. The van der Waals surface area contributed by atoms with E-state index in [1.807, 2.05) is 6.92 Å². The van der Waals surface area contributed by atoms with Gasteiger partial charge in [-0.2, -0.15) is 0 Å². The van der Waals surface area contributed by atoms with Crippen molar-refractivity contribution < 1.29 is 9.53 Å². The fourth-order valence-electron chi connectivity index (χ4n) is 2.19. The third kappa shape index (κ3) is 4.94. The molecule has 0 aromatic carbocycles. The van der Waals surface area contributed by atoms with Crippen LogP contribution in [-0.4, -0.2) is 37.7 Å². The van der Waals surface area contributed by atoms with Gasteiger partial charge in [0.2, 0.25) is 5.91 Å². The van der Waals surface area contributed by atoms with E-state index in [-0.39, 0.29) is 12.5 Å².